The molecule has 1 aliphatic heterocycles. The van der Waals surface area contributed by atoms with Crippen LogP contribution in [-0.4, -0.2) is 65.2 Å². The Kier molecular flexibility index (Phi) is 12.8. The molecule has 4 aromatic rings. The van der Waals surface area contributed by atoms with Crippen molar-refractivity contribution >= 4 is 57.5 Å². The quantitative estimate of drug-likeness (QED) is 0.0477. The van der Waals surface area contributed by atoms with Gasteiger partial charge in [0.2, 0.25) is 17.8 Å². The number of hydroxylamine groups is 1. The van der Waals surface area contributed by atoms with Crippen molar-refractivity contribution in [3.8, 4) is 11.5 Å². The van der Waals surface area contributed by atoms with E-state index in [2.05, 4.69) is 26.9 Å². The van der Waals surface area contributed by atoms with Crippen molar-refractivity contribution in [2.24, 2.45) is 0 Å². The molecule has 2 heterocycles. The highest BCUT2D eigenvalue weighted by atomic mass is 35.5. The van der Waals surface area contributed by atoms with Crippen molar-refractivity contribution in [3.63, 3.8) is 0 Å². The van der Waals surface area contributed by atoms with E-state index in [1.165, 1.54) is 0 Å². The van der Waals surface area contributed by atoms with Gasteiger partial charge in [0.15, 0.2) is 11.5 Å². The van der Waals surface area contributed by atoms with E-state index in [1.807, 2.05) is 54.6 Å². The first kappa shape index (κ1) is 35.7. The molecule has 1 saturated heterocycles. The summed E-state index contributed by atoms with van der Waals surface area (Å²) in [6.07, 6.45) is 5.61. The average Bonchev–Trinajstić information content (AvgIpc) is 3.11. The standard InChI is InChI=1S/C36H44ClN7O5/c1-48-31-21-28-30(22-32(31)49-2)41-36(42-35(28)39-27-17-19-44(20-18-27)23-24-9-7-8-10-29(24)37)40-26-15-13-25(14-16-26)38-33(45)11-5-3-4-6-12-34(46)43-47/h7-10,13-16,21-22,27,47H,3-6,11-12,17-20,23H2,1-2H3,(H,38,45)(H,43,46)(H2,39,40,41,42). The van der Waals surface area contributed by atoms with Crippen LogP contribution in [0.1, 0.15) is 56.9 Å². The number of carbonyl (C=O) groups excluding carboxylic acids is 2. The van der Waals surface area contributed by atoms with Gasteiger partial charge in [-0.05, 0) is 67.6 Å². The van der Waals surface area contributed by atoms with Crippen LogP contribution in [0.2, 0.25) is 5.02 Å². The van der Waals surface area contributed by atoms with Crippen molar-refractivity contribution in [1.29, 1.82) is 0 Å². The number of rotatable bonds is 16. The van der Waals surface area contributed by atoms with E-state index in [0.29, 0.717) is 47.3 Å². The number of nitrogens with one attached hydrogen (secondary N) is 4. The lowest BCUT2D eigenvalue weighted by Gasteiger charge is -2.33. The third-order valence-corrected chi connectivity index (χ3v) is 8.96. The molecule has 1 aromatic heterocycles. The molecule has 3 aromatic carbocycles. The fourth-order valence-corrected chi connectivity index (χ4v) is 6.08. The van der Waals surface area contributed by atoms with Crippen LogP contribution in [-0.2, 0) is 16.1 Å². The van der Waals surface area contributed by atoms with E-state index in [0.717, 1.165) is 73.4 Å². The van der Waals surface area contributed by atoms with Gasteiger partial charge in [0.25, 0.3) is 0 Å². The molecular weight excluding hydrogens is 646 g/mol. The summed E-state index contributed by atoms with van der Waals surface area (Å²) in [7, 11) is 3.21. The SMILES string of the molecule is COc1cc2nc(Nc3ccc(NC(=O)CCCCCCC(=O)NO)cc3)nc(NC3CCN(Cc4ccccc4Cl)CC3)c2cc1OC. The zero-order chi connectivity index (χ0) is 34.6. The molecule has 5 N–H and O–H groups in total. The summed E-state index contributed by atoms with van der Waals surface area (Å²) < 4.78 is 11.2. The second kappa shape index (κ2) is 17.7. The largest absolute Gasteiger partial charge is 0.493 e. The number of methoxy groups -OCH3 is 2. The molecule has 0 spiro atoms. The predicted octanol–water partition coefficient (Wildman–Crippen LogP) is 6.91. The Morgan fingerprint density at radius 3 is 2.20 bits per heavy atom. The number of hydrogen-bond acceptors (Lipinski definition) is 10. The summed E-state index contributed by atoms with van der Waals surface area (Å²) in [6, 6.07) is 19.4. The number of benzene rings is 3. The van der Waals surface area contributed by atoms with Gasteiger partial charge in [0.05, 0.1) is 19.7 Å². The zero-order valence-corrected chi connectivity index (χ0v) is 28.7. The minimum atomic E-state index is -0.390. The summed E-state index contributed by atoms with van der Waals surface area (Å²) in [6.45, 7) is 2.69. The first-order valence-electron chi connectivity index (χ1n) is 16.6. The van der Waals surface area contributed by atoms with Gasteiger partial charge < -0.3 is 25.4 Å². The number of hydrogen-bond donors (Lipinski definition) is 5. The third-order valence-electron chi connectivity index (χ3n) is 8.59. The molecule has 12 nitrogen and oxygen atoms in total. The summed E-state index contributed by atoms with van der Waals surface area (Å²) in [5.41, 5.74) is 4.93. The summed E-state index contributed by atoms with van der Waals surface area (Å²) in [5.74, 6) is 1.85. The van der Waals surface area contributed by atoms with Gasteiger partial charge in [-0.1, -0.05) is 42.6 Å². The van der Waals surface area contributed by atoms with Gasteiger partial charge in [-0.2, -0.15) is 4.98 Å². The van der Waals surface area contributed by atoms with Gasteiger partial charge in [0.1, 0.15) is 5.82 Å². The molecule has 0 saturated carbocycles. The van der Waals surface area contributed by atoms with E-state index >= 15 is 0 Å². The Bertz CT molecular complexity index is 1710. The van der Waals surface area contributed by atoms with Gasteiger partial charge in [-0.15, -0.1) is 0 Å². The van der Waals surface area contributed by atoms with E-state index in [1.54, 1.807) is 19.7 Å². The van der Waals surface area contributed by atoms with Crippen molar-refractivity contribution < 1.29 is 24.3 Å². The predicted molar refractivity (Wildman–Crippen MR) is 192 cm³/mol. The zero-order valence-electron chi connectivity index (χ0n) is 27.9. The van der Waals surface area contributed by atoms with E-state index in [4.69, 9.17) is 36.2 Å². The molecule has 0 bridgehead atoms. The van der Waals surface area contributed by atoms with Crippen LogP contribution in [0.3, 0.4) is 0 Å². The topological polar surface area (TPSA) is 150 Å². The first-order chi connectivity index (χ1) is 23.8. The number of halogens is 1. The summed E-state index contributed by atoms with van der Waals surface area (Å²) >= 11 is 6.41. The van der Waals surface area contributed by atoms with Crippen LogP contribution in [0.5, 0.6) is 11.5 Å². The highest BCUT2D eigenvalue weighted by Crippen LogP contribution is 2.36. The minimum Gasteiger partial charge on any atom is -0.493 e. The number of unbranched alkanes of at least 4 members (excludes halogenated alkanes) is 3. The maximum atomic E-state index is 12.4. The molecule has 13 heteroatoms. The van der Waals surface area contributed by atoms with E-state index in [9.17, 15) is 9.59 Å². The van der Waals surface area contributed by atoms with Crippen molar-refractivity contribution in [3.05, 3.63) is 71.2 Å². The number of piperidine rings is 1. The number of anilines is 4. The van der Waals surface area contributed by atoms with Gasteiger partial charge in [-0.25, -0.2) is 10.5 Å². The number of amides is 2. The summed E-state index contributed by atoms with van der Waals surface area (Å²) in [5, 5.41) is 20.1. The molecule has 2 amide bonds. The Labute approximate surface area is 291 Å². The lowest BCUT2D eigenvalue weighted by Crippen LogP contribution is -2.38. The molecule has 0 unspecified atom stereocenters. The molecule has 0 aliphatic carbocycles. The monoisotopic (exact) mass is 689 g/mol. The Morgan fingerprint density at radius 1 is 0.878 bits per heavy atom. The van der Waals surface area contributed by atoms with Crippen LogP contribution < -0.4 is 30.9 Å². The molecule has 49 heavy (non-hydrogen) atoms. The molecule has 5 rings (SSSR count). The first-order valence-corrected chi connectivity index (χ1v) is 17.0. The van der Waals surface area contributed by atoms with Gasteiger partial charge in [0, 0.05) is 66.4 Å². The van der Waals surface area contributed by atoms with Crippen LogP contribution in [0.4, 0.5) is 23.1 Å². The second-order valence-corrected chi connectivity index (χ2v) is 12.5. The van der Waals surface area contributed by atoms with Gasteiger partial charge in [-0.3, -0.25) is 19.7 Å². The maximum Gasteiger partial charge on any atom is 0.243 e. The number of fused-ring (bicyclic) bond motifs is 1. The number of nitrogens with zero attached hydrogens (tertiary/aromatic N) is 3. The molecule has 0 atom stereocenters. The Morgan fingerprint density at radius 2 is 1.53 bits per heavy atom. The second-order valence-electron chi connectivity index (χ2n) is 12.1. The maximum absolute atomic E-state index is 12.4. The van der Waals surface area contributed by atoms with Crippen LogP contribution in [0.25, 0.3) is 10.9 Å². The fourth-order valence-electron chi connectivity index (χ4n) is 5.89. The number of carbonyl (C=O) groups is 2. The Balaban J connectivity index is 1.22. The van der Waals surface area contributed by atoms with Crippen molar-refractivity contribution in [1.82, 2.24) is 20.3 Å². The Hall–Kier alpha value is -4.65. The minimum absolute atomic E-state index is 0.0681. The smallest absolute Gasteiger partial charge is 0.243 e. The number of ether oxygens (including phenoxy) is 2. The highest BCUT2D eigenvalue weighted by molar-refractivity contribution is 6.31. The van der Waals surface area contributed by atoms with Crippen molar-refractivity contribution in [2.45, 2.75) is 64.0 Å². The highest BCUT2D eigenvalue weighted by Gasteiger charge is 2.22. The average molecular weight is 690 g/mol. The summed E-state index contributed by atoms with van der Waals surface area (Å²) in [4.78, 5) is 35.6. The number of likely N-dealkylation sites (tertiary alicyclic amines) is 1. The lowest BCUT2D eigenvalue weighted by atomic mass is 10.0. The normalized spacial score (nSPS) is 13.6. The van der Waals surface area contributed by atoms with Crippen LogP contribution in [0.15, 0.2) is 60.7 Å². The lowest BCUT2D eigenvalue weighted by molar-refractivity contribution is -0.129. The van der Waals surface area contributed by atoms with Crippen molar-refractivity contribution in [2.75, 3.05) is 43.3 Å². The van der Waals surface area contributed by atoms with Crippen LogP contribution >= 0.6 is 11.6 Å². The molecular formula is C36H44ClN7O5. The molecule has 0 radical (unpaired) electrons. The number of aromatic nitrogens is 2. The molecule has 1 aliphatic rings. The molecule has 260 valence electrons. The van der Waals surface area contributed by atoms with Crippen LogP contribution in [0, 0.1) is 0 Å². The van der Waals surface area contributed by atoms with E-state index < -0.39 is 5.91 Å². The molecule has 1 fully saturated rings. The fraction of sp³-hybridized carbons (Fsp3) is 0.389. The third kappa shape index (κ3) is 10.2. The van der Waals surface area contributed by atoms with Gasteiger partial charge >= 0.3 is 0 Å². The van der Waals surface area contributed by atoms with E-state index in [-0.39, 0.29) is 18.4 Å².